The second-order valence-electron chi connectivity index (χ2n) is 3.05. The summed E-state index contributed by atoms with van der Waals surface area (Å²) < 4.78 is 22.2. The first-order chi connectivity index (χ1) is 7.27. The van der Waals surface area contributed by atoms with E-state index in [1.54, 1.807) is 6.07 Å². The minimum absolute atomic E-state index is 0.132. The molecule has 0 fully saturated rings. The van der Waals surface area contributed by atoms with E-state index in [1.165, 1.54) is 6.92 Å². The molecule has 0 spiro atoms. The van der Waals surface area contributed by atoms with Gasteiger partial charge >= 0.3 is 0 Å². The summed E-state index contributed by atoms with van der Waals surface area (Å²) in [5.74, 6) is 0. The van der Waals surface area contributed by atoms with Gasteiger partial charge in [-0.15, -0.1) is 0 Å². The standard InChI is InChI=1S/C8H7N3O4S/c1-5-2-8(16(10,14)15)6(4-9)3-7(5)11(12)13/h2-3H,1H3,(H2,10,14,15). The summed E-state index contributed by atoms with van der Waals surface area (Å²) in [6.07, 6.45) is 0. The van der Waals surface area contributed by atoms with Gasteiger partial charge in [0.15, 0.2) is 0 Å². The molecule has 2 N–H and O–H groups in total. The molecule has 0 heterocycles. The number of benzene rings is 1. The Kier molecular flexibility index (Phi) is 2.93. The number of hydrogen-bond donors (Lipinski definition) is 1. The van der Waals surface area contributed by atoms with Crippen LogP contribution < -0.4 is 5.14 Å². The van der Waals surface area contributed by atoms with E-state index in [1.807, 2.05) is 0 Å². The second-order valence-corrected chi connectivity index (χ2v) is 4.58. The number of nitriles is 1. The summed E-state index contributed by atoms with van der Waals surface area (Å²) >= 11 is 0. The van der Waals surface area contributed by atoms with Crippen LogP contribution in [-0.2, 0) is 10.0 Å². The molecule has 8 heteroatoms. The molecule has 0 aliphatic carbocycles. The summed E-state index contributed by atoms with van der Waals surface area (Å²) in [5.41, 5.74) is -0.517. The van der Waals surface area contributed by atoms with E-state index in [9.17, 15) is 18.5 Å². The minimum Gasteiger partial charge on any atom is -0.258 e. The number of hydrogen-bond acceptors (Lipinski definition) is 5. The molecule has 1 aromatic rings. The summed E-state index contributed by atoms with van der Waals surface area (Å²) in [6.45, 7) is 1.37. The number of aryl methyl sites for hydroxylation is 1. The van der Waals surface area contributed by atoms with Crippen LogP contribution in [0.5, 0.6) is 0 Å². The average Bonchev–Trinajstić information content (AvgIpc) is 2.15. The SMILES string of the molecule is Cc1cc(S(N)(=O)=O)c(C#N)cc1[N+](=O)[O-]. The lowest BCUT2D eigenvalue weighted by molar-refractivity contribution is -0.385. The van der Waals surface area contributed by atoms with Crippen molar-refractivity contribution in [3.05, 3.63) is 33.4 Å². The van der Waals surface area contributed by atoms with Gasteiger partial charge in [0, 0.05) is 11.6 Å². The van der Waals surface area contributed by atoms with Crippen molar-refractivity contribution in [2.75, 3.05) is 0 Å². The Morgan fingerprint density at radius 3 is 2.44 bits per heavy atom. The van der Waals surface area contributed by atoms with E-state index >= 15 is 0 Å². The van der Waals surface area contributed by atoms with Gasteiger partial charge in [-0.2, -0.15) is 5.26 Å². The van der Waals surface area contributed by atoms with Crippen molar-refractivity contribution >= 4 is 15.7 Å². The molecule has 0 amide bonds. The number of sulfonamides is 1. The van der Waals surface area contributed by atoms with Crippen molar-refractivity contribution in [3.8, 4) is 6.07 Å². The third-order valence-corrected chi connectivity index (χ3v) is 2.87. The van der Waals surface area contributed by atoms with E-state index in [2.05, 4.69) is 0 Å². The first kappa shape index (κ1) is 12.1. The van der Waals surface area contributed by atoms with Crippen molar-refractivity contribution in [1.29, 1.82) is 5.26 Å². The van der Waals surface area contributed by atoms with Gasteiger partial charge in [-0.1, -0.05) is 0 Å². The van der Waals surface area contributed by atoms with E-state index in [-0.39, 0.29) is 16.8 Å². The Hall–Kier alpha value is -1.98. The normalized spacial score (nSPS) is 10.8. The Morgan fingerprint density at radius 2 is 2.06 bits per heavy atom. The zero-order valence-electron chi connectivity index (χ0n) is 8.17. The molecule has 0 radical (unpaired) electrons. The van der Waals surface area contributed by atoms with Gasteiger partial charge in [0.2, 0.25) is 10.0 Å². The van der Waals surface area contributed by atoms with Crippen molar-refractivity contribution < 1.29 is 13.3 Å². The van der Waals surface area contributed by atoms with Crippen LogP contribution >= 0.6 is 0 Å². The van der Waals surface area contributed by atoms with Crippen LogP contribution in [0, 0.1) is 28.4 Å². The Balaban J connectivity index is 3.65. The third kappa shape index (κ3) is 2.16. The van der Waals surface area contributed by atoms with E-state index in [0.29, 0.717) is 0 Å². The smallest absolute Gasteiger partial charge is 0.258 e. The lowest BCUT2D eigenvalue weighted by Crippen LogP contribution is -2.14. The zero-order valence-corrected chi connectivity index (χ0v) is 8.98. The fraction of sp³-hybridized carbons (Fsp3) is 0.125. The summed E-state index contributed by atoms with van der Waals surface area (Å²) in [6, 6.07) is 3.48. The van der Waals surface area contributed by atoms with Crippen molar-refractivity contribution in [3.63, 3.8) is 0 Å². The van der Waals surface area contributed by atoms with Gasteiger partial charge in [0.25, 0.3) is 5.69 Å². The zero-order chi connectivity index (χ0) is 12.5. The number of nitrogens with two attached hydrogens (primary N) is 1. The van der Waals surface area contributed by atoms with Crippen LogP contribution in [0.3, 0.4) is 0 Å². The molecule has 0 unspecified atom stereocenters. The largest absolute Gasteiger partial charge is 0.273 e. The lowest BCUT2D eigenvalue weighted by Gasteiger charge is -2.03. The second kappa shape index (κ2) is 3.88. The van der Waals surface area contributed by atoms with Crippen molar-refractivity contribution in [2.45, 2.75) is 11.8 Å². The van der Waals surface area contributed by atoms with Gasteiger partial charge in [0.1, 0.15) is 11.0 Å². The highest BCUT2D eigenvalue weighted by molar-refractivity contribution is 7.89. The maximum absolute atomic E-state index is 11.1. The molecule has 1 aromatic carbocycles. The lowest BCUT2D eigenvalue weighted by atomic mass is 10.1. The average molecular weight is 241 g/mol. The molecule has 0 saturated heterocycles. The summed E-state index contributed by atoms with van der Waals surface area (Å²) in [5, 5.41) is 24.1. The molecule has 0 bridgehead atoms. The van der Waals surface area contributed by atoms with Crippen LogP contribution in [-0.4, -0.2) is 13.3 Å². The van der Waals surface area contributed by atoms with Gasteiger partial charge < -0.3 is 0 Å². The van der Waals surface area contributed by atoms with E-state index in [4.69, 9.17) is 10.4 Å². The number of nitro benzene ring substituents is 1. The molecule has 0 aliphatic heterocycles. The highest BCUT2D eigenvalue weighted by atomic mass is 32.2. The first-order valence-electron chi connectivity index (χ1n) is 3.99. The van der Waals surface area contributed by atoms with Crippen LogP contribution in [0.2, 0.25) is 0 Å². The first-order valence-corrected chi connectivity index (χ1v) is 5.54. The van der Waals surface area contributed by atoms with Crippen molar-refractivity contribution in [1.82, 2.24) is 0 Å². The predicted octanol–water partition coefficient (Wildman–Crippen LogP) is 0.422. The van der Waals surface area contributed by atoms with E-state index < -0.39 is 19.8 Å². The highest BCUT2D eigenvalue weighted by Crippen LogP contribution is 2.24. The highest BCUT2D eigenvalue weighted by Gasteiger charge is 2.20. The number of primary sulfonamides is 1. The molecule has 84 valence electrons. The van der Waals surface area contributed by atoms with Gasteiger partial charge in [0.05, 0.1) is 10.5 Å². The molecule has 0 aliphatic rings. The van der Waals surface area contributed by atoms with Crippen LogP contribution in [0.4, 0.5) is 5.69 Å². The monoisotopic (exact) mass is 241 g/mol. The number of nitro groups is 1. The van der Waals surface area contributed by atoms with Gasteiger partial charge in [-0.05, 0) is 13.0 Å². The Labute approximate surface area is 91.3 Å². The van der Waals surface area contributed by atoms with Crippen LogP contribution in [0.15, 0.2) is 17.0 Å². The number of rotatable bonds is 2. The topological polar surface area (TPSA) is 127 Å². The van der Waals surface area contributed by atoms with Crippen molar-refractivity contribution in [2.24, 2.45) is 5.14 Å². The molecule has 16 heavy (non-hydrogen) atoms. The number of nitrogens with zero attached hydrogens (tertiary/aromatic N) is 2. The summed E-state index contributed by atoms with van der Waals surface area (Å²) in [7, 11) is -4.06. The molecular weight excluding hydrogens is 234 g/mol. The van der Waals surface area contributed by atoms with Gasteiger partial charge in [-0.3, -0.25) is 10.1 Å². The quantitative estimate of drug-likeness (QED) is 0.592. The predicted molar refractivity (Wildman–Crippen MR) is 53.9 cm³/mol. The maximum Gasteiger partial charge on any atom is 0.273 e. The molecular formula is C8H7N3O4S. The Morgan fingerprint density at radius 1 is 1.50 bits per heavy atom. The fourth-order valence-corrected chi connectivity index (χ4v) is 1.94. The fourth-order valence-electron chi connectivity index (χ4n) is 1.19. The molecule has 0 atom stereocenters. The molecule has 1 rings (SSSR count). The van der Waals surface area contributed by atoms with E-state index in [0.717, 1.165) is 12.1 Å². The molecule has 0 aromatic heterocycles. The maximum atomic E-state index is 11.1. The molecule has 7 nitrogen and oxygen atoms in total. The van der Waals surface area contributed by atoms with Crippen LogP contribution in [0.25, 0.3) is 0 Å². The summed E-state index contributed by atoms with van der Waals surface area (Å²) in [4.78, 5) is 9.47. The minimum atomic E-state index is -4.06. The third-order valence-electron chi connectivity index (χ3n) is 1.92. The molecule has 0 saturated carbocycles. The van der Waals surface area contributed by atoms with Crippen LogP contribution in [0.1, 0.15) is 11.1 Å². The Bertz CT molecular complexity index is 600. The van der Waals surface area contributed by atoms with Gasteiger partial charge in [-0.25, -0.2) is 13.6 Å².